The molecule has 0 bridgehead atoms. The van der Waals surface area contributed by atoms with Gasteiger partial charge < -0.3 is 11.2 Å². The van der Waals surface area contributed by atoms with Gasteiger partial charge in [0.05, 0.1) is 10.8 Å². The summed E-state index contributed by atoms with van der Waals surface area (Å²) in [6.45, 7) is 1.98. The molecular weight excluding hydrogens is 460 g/mol. The fourth-order valence-corrected chi connectivity index (χ4v) is 4.63. The number of amides is 1. The number of halogens is 1. The Morgan fingerprint density at radius 1 is 1.19 bits per heavy atom. The second-order valence-corrected chi connectivity index (χ2v) is 10.3. The second-order valence-electron chi connectivity index (χ2n) is 6.81. The van der Waals surface area contributed by atoms with Crippen LogP contribution < -0.4 is 11.2 Å². The Labute approximate surface area is 189 Å². The van der Waals surface area contributed by atoms with Crippen LogP contribution in [-0.2, 0) is 14.8 Å². The number of sulfonamides is 1. The van der Waals surface area contributed by atoms with E-state index in [2.05, 4.69) is 15.5 Å². The molecule has 0 aliphatic heterocycles. The molecule has 0 saturated carbocycles. The maximum absolute atomic E-state index is 12.4. The number of nitrogens with zero attached hydrogens (tertiary/aromatic N) is 4. The Hall–Kier alpha value is -2.60. The molecule has 1 heterocycles. The fraction of sp³-hybridized carbons (Fsp3) is 0.211. The van der Waals surface area contributed by atoms with Gasteiger partial charge in [0.25, 0.3) is 0 Å². The molecule has 9 nitrogen and oxygen atoms in total. The van der Waals surface area contributed by atoms with E-state index in [1.165, 1.54) is 37.0 Å². The Morgan fingerprint density at radius 3 is 2.52 bits per heavy atom. The summed E-state index contributed by atoms with van der Waals surface area (Å²) >= 11 is 7.14. The van der Waals surface area contributed by atoms with Gasteiger partial charge in [0, 0.05) is 25.3 Å². The SMILES string of the molecule is Cc1ccc(-c2nnc(SCC(=O)Nc3ccc(Cl)c(S(=O)(=O)N(C)C)c3)n2N)cc1. The first-order valence-corrected chi connectivity index (χ1v) is 11.8. The molecular formula is C19H21ClN6O3S2. The summed E-state index contributed by atoms with van der Waals surface area (Å²) in [5, 5.41) is 11.2. The first kappa shape index (κ1) is 23.1. The van der Waals surface area contributed by atoms with E-state index in [0.29, 0.717) is 16.7 Å². The van der Waals surface area contributed by atoms with Gasteiger partial charge in [0.1, 0.15) is 4.90 Å². The maximum atomic E-state index is 12.4. The number of hydrogen-bond donors (Lipinski definition) is 2. The lowest BCUT2D eigenvalue weighted by atomic mass is 10.1. The van der Waals surface area contributed by atoms with Gasteiger partial charge in [-0.1, -0.05) is 53.2 Å². The van der Waals surface area contributed by atoms with Gasteiger partial charge in [0.15, 0.2) is 5.82 Å². The van der Waals surface area contributed by atoms with Crippen molar-refractivity contribution < 1.29 is 13.2 Å². The number of carbonyl (C=O) groups is 1. The van der Waals surface area contributed by atoms with Crippen LogP contribution in [0.3, 0.4) is 0 Å². The number of thioether (sulfide) groups is 1. The predicted molar refractivity (Wildman–Crippen MR) is 122 cm³/mol. The Morgan fingerprint density at radius 2 is 1.87 bits per heavy atom. The Bertz CT molecular complexity index is 1210. The molecule has 3 N–H and O–H groups in total. The average Bonchev–Trinajstić information content (AvgIpc) is 3.08. The zero-order valence-electron chi connectivity index (χ0n) is 17.0. The van der Waals surface area contributed by atoms with Gasteiger partial charge in [-0.05, 0) is 25.1 Å². The quantitative estimate of drug-likeness (QED) is 0.393. The van der Waals surface area contributed by atoms with E-state index in [4.69, 9.17) is 17.4 Å². The van der Waals surface area contributed by atoms with Gasteiger partial charge >= 0.3 is 0 Å². The zero-order valence-corrected chi connectivity index (χ0v) is 19.4. The van der Waals surface area contributed by atoms with Crippen molar-refractivity contribution in [2.45, 2.75) is 17.0 Å². The van der Waals surface area contributed by atoms with E-state index in [1.54, 1.807) is 0 Å². The second kappa shape index (κ2) is 9.27. The van der Waals surface area contributed by atoms with Crippen molar-refractivity contribution in [2.24, 2.45) is 0 Å². The van der Waals surface area contributed by atoms with E-state index >= 15 is 0 Å². The Kier molecular flexibility index (Phi) is 6.90. The van der Waals surface area contributed by atoms with Crippen LogP contribution in [0.25, 0.3) is 11.4 Å². The molecule has 1 amide bonds. The number of rotatable bonds is 7. The number of nitrogens with two attached hydrogens (primary N) is 1. The summed E-state index contributed by atoms with van der Waals surface area (Å²) < 4.78 is 27.1. The lowest BCUT2D eigenvalue weighted by Crippen LogP contribution is -2.23. The number of benzene rings is 2. The van der Waals surface area contributed by atoms with Crippen LogP contribution in [0.15, 0.2) is 52.5 Å². The van der Waals surface area contributed by atoms with Gasteiger partial charge in [-0.2, -0.15) is 0 Å². The number of carbonyl (C=O) groups excluding carboxylic acids is 1. The molecule has 0 unspecified atom stereocenters. The Balaban J connectivity index is 1.68. The predicted octanol–water partition coefficient (Wildman–Crippen LogP) is 2.60. The number of aryl methyl sites for hydroxylation is 1. The van der Waals surface area contributed by atoms with E-state index in [-0.39, 0.29) is 21.6 Å². The van der Waals surface area contributed by atoms with Gasteiger partial charge in [-0.15, -0.1) is 10.2 Å². The number of aromatic nitrogens is 3. The van der Waals surface area contributed by atoms with Crippen molar-refractivity contribution in [1.29, 1.82) is 0 Å². The average molecular weight is 481 g/mol. The summed E-state index contributed by atoms with van der Waals surface area (Å²) in [7, 11) is -0.938. The molecule has 1 aromatic heterocycles. The van der Waals surface area contributed by atoms with Crippen LogP contribution in [0.5, 0.6) is 0 Å². The molecule has 31 heavy (non-hydrogen) atoms. The lowest BCUT2D eigenvalue weighted by molar-refractivity contribution is -0.113. The van der Waals surface area contributed by atoms with Crippen molar-refractivity contribution in [3.05, 3.63) is 53.1 Å². The summed E-state index contributed by atoms with van der Waals surface area (Å²) in [6, 6.07) is 11.9. The summed E-state index contributed by atoms with van der Waals surface area (Å²) in [4.78, 5) is 12.3. The molecule has 12 heteroatoms. The summed E-state index contributed by atoms with van der Waals surface area (Å²) in [5.74, 6) is 6.20. The molecule has 0 aliphatic rings. The molecule has 2 aromatic carbocycles. The minimum atomic E-state index is -3.75. The first-order chi connectivity index (χ1) is 14.6. The number of nitrogen functional groups attached to an aromatic ring is 1. The molecule has 3 rings (SSSR count). The number of nitrogens with one attached hydrogen (secondary N) is 1. The summed E-state index contributed by atoms with van der Waals surface area (Å²) in [5.41, 5.74) is 2.24. The largest absolute Gasteiger partial charge is 0.335 e. The molecule has 0 atom stereocenters. The van der Waals surface area contributed by atoms with E-state index in [9.17, 15) is 13.2 Å². The third-order valence-corrected chi connectivity index (χ3v) is 7.52. The van der Waals surface area contributed by atoms with E-state index < -0.39 is 10.0 Å². The van der Waals surface area contributed by atoms with Crippen LogP contribution in [0, 0.1) is 6.92 Å². The van der Waals surface area contributed by atoms with Crippen LogP contribution in [0.4, 0.5) is 5.69 Å². The maximum Gasteiger partial charge on any atom is 0.244 e. The van der Waals surface area contributed by atoms with Crippen molar-refractivity contribution in [3.8, 4) is 11.4 Å². The molecule has 0 saturated heterocycles. The van der Waals surface area contributed by atoms with Crippen LogP contribution >= 0.6 is 23.4 Å². The highest BCUT2D eigenvalue weighted by molar-refractivity contribution is 7.99. The van der Waals surface area contributed by atoms with Crippen LogP contribution in [0.2, 0.25) is 5.02 Å². The number of anilines is 1. The lowest BCUT2D eigenvalue weighted by Gasteiger charge is -2.14. The minimum Gasteiger partial charge on any atom is -0.335 e. The van der Waals surface area contributed by atoms with E-state index in [1.807, 2.05) is 31.2 Å². The van der Waals surface area contributed by atoms with Crippen molar-refractivity contribution in [1.82, 2.24) is 19.2 Å². The highest BCUT2D eigenvalue weighted by Gasteiger charge is 2.21. The third-order valence-electron chi connectivity index (χ3n) is 4.28. The normalized spacial score (nSPS) is 11.6. The number of hydrogen-bond acceptors (Lipinski definition) is 7. The van der Waals surface area contributed by atoms with Gasteiger partial charge in [-0.25, -0.2) is 17.4 Å². The smallest absolute Gasteiger partial charge is 0.244 e. The molecule has 0 radical (unpaired) electrons. The topological polar surface area (TPSA) is 123 Å². The first-order valence-electron chi connectivity index (χ1n) is 9.02. The van der Waals surface area contributed by atoms with Crippen molar-refractivity contribution in [3.63, 3.8) is 0 Å². The van der Waals surface area contributed by atoms with Crippen molar-refractivity contribution >= 4 is 45.0 Å². The molecule has 0 fully saturated rings. The third kappa shape index (κ3) is 5.18. The monoisotopic (exact) mass is 480 g/mol. The molecule has 3 aromatic rings. The van der Waals surface area contributed by atoms with E-state index in [0.717, 1.165) is 27.2 Å². The zero-order chi connectivity index (χ0) is 22.8. The fourth-order valence-electron chi connectivity index (χ4n) is 2.58. The highest BCUT2D eigenvalue weighted by atomic mass is 35.5. The minimum absolute atomic E-state index is 0.00161. The van der Waals surface area contributed by atoms with Crippen LogP contribution in [-0.4, -0.2) is 53.4 Å². The van der Waals surface area contributed by atoms with Gasteiger partial charge in [-0.3, -0.25) is 4.79 Å². The van der Waals surface area contributed by atoms with Gasteiger partial charge in [0.2, 0.25) is 21.1 Å². The molecule has 0 aliphatic carbocycles. The standard InChI is InChI=1S/C19H21ClN6O3S2/c1-12-4-6-13(7-5-12)18-23-24-19(26(18)21)30-11-17(27)22-14-8-9-15(20)16(10-14)31(28,29)25(2)3/h4-10H,11,21H2,1-3H3,(H,22,27). The molecule has 0 spiro atoms. The highest BCUT2D eigenvalue weighted by Crippen LogP contribution is 2.27. The molecule has 164 valence electrons. The summed E-state index contributed by atoms with van der Waals surface area (Å²) in [6.07, 6.45) is 0. The van der Waals surface area contributed by atoms with Crippen LogP contribution in [0.1, 0.15) is 5.56 Å². The van der Waals surface area contributed by atoms with Crippen molar-refractivity contribution in [2.75, 3.05) is 31.0 Å².